The number of aromatic hydroxyl groups is 1. The lowest BCUT2D eigenvalue weighted by Gasteiger charge is -2.54. The molecule has 0 spiro atoms. The maximum atomic E-state index is 13.6. The summed E-state index contributed by atoms with van der Waals surface area (Å²) in [6.07, 6.45) is 7.01. The van der Waals surface area contributed by atoms with E-state index < -0.39 is 0 Å². The van der Waals surface area contributed by atoms with E-state index in [2.05, 4.69) is 29.2 Å². The topological polar surface area (TPSA) is 43.8 Å². The van der Waals surface area contributed by atoms with Crippen molar-refractivity contribution in [1.29, 1.82) is 0 Å². The molecule has 4 nitrogen and oxygen atoms in total. The second-order valence-corrected chi connectivity index (χ2v) is 11.3. The Bertz CT molecular complexity index is 1240. The van der Waals surface area contributed by atoms with E-state index in [1.165, 1.54) is 24.9 Å². The molecule has 1 amide bonds. The summed E-state index contributed by atoms with van der Waals surface area (Å²) >= 11 is 0. The van der Waals surface area contributed by atoms with Crippen LogP contribution in [0.1, 0.15) is 54.4 Å². The fourth-order valence-corrected chi connectivity index (χ4v) is 6.86. The highest BCUT2D eigenvalue weighted by atomic mass is 16.3. The van der Waals surface area contributed by atoms with E-state index in [1.54, 1.807) is 6.07 Å². The number of benzene rings is 3. The van der Waals surface area contributed by atoms with Crippen molar-refractivity contribution < 1.29 is 9.90 Å². The van der Waals surface area contributed by atoms with Crippen LogP contribution in [0.4, 0.5) is 0 Å². The van der Waals surface area contributed by atoms with Gasteiger partial charge in [0.1, 0.15) is 5.75 Å². The molecule has 0 bridgehead atoms. The standard InChI is InChI=1S/C31H36N2O2/c1-32(30(35)25-12-11-23-5-2-3-6-24(23)17-25)28-14-13-27-21-33(20-22-9-10-22)16-15-31(27,19-28)26-7-4-8-29(34)18-26/h2-8,11-12,17-18,22,27-28,34H,9-10,13-16,19-21H2,1H3/t27-,28+,31+/m1/s1. The average Bonchev–Trinajstić information content (AvgIpc) is 3.71. The van der Waals surface area contributed by atoms with Crippen molar-refractivity contribution in [1.82, 2.24) is 9.80 Å². The normalized spacial score (nSPS) is 26.9. The van der Waals surface area contributed by atoms with Crippen LogP contribution in [0.3, 0.4) is 0 Å². The fourth-order valence-electron chi connectivity index (χ4n) is 6.86. The number of amides is 1. The van der Waals surface area contributed by atoms with Crippen LogP contribution in [0.25, 0.3) is 10.8 Å². The first kappa shape index (κ1) is 22.6. The number of carbonyl (C=O) groups excluding carboxylic acids is 1. The summed E-state index contributed by atoms with van der Waals surface area (Å²) in [7, 11) is 1.99. The number of phenolic OH excluding ortho intramolecular Hbond substituents is 1. The highest BCUT2D eigenvalue weighted by Gasteiger charge is 2.49. The van der Waals surface area contributed by atoms with Crippen LogP contribution in [-0.4, -0.2) is 53.5 Å². The number of hydrogen-bond acceptors (Lipinski definition) is 3. The van der Waals surface area contributed by atoms with Crippen molar-refractivity contribution in [3.8, 4) is 5.75 Å². The van der Waals surface area contributed by atoms with Gasteiger partial charge in [0.25, 0.3) is 5.91 Å². The van der Waals surface area contributed by atoms with Gasteiger partial charge in [-0.05, 0) is 97.5 Å². The minimum atomic E-state index is 0.0135. The molecule has 1 N–H and O–H groups in total. The number of carbonyl (C=O) groups is 1. The van der Waals surface area contributed by atoms with Crippen molar-refractivity contribution >= 4 is 16.7 Å². The lowest BCUT2D eigenvalue weighted by molar-refractivity contribution is 0.0175. The van der Waals surface area contributed by atoms with E-state index in [1.807, 2.05) is 48.3 Å². The summed E-state index contributed by atoms with van der Waals surface area (Å²) in [5, 5.41) is 12.6. The zero-order valence-electron chi connectivity index (χ0n) is 20.7. The van der Waals surface area contributed by atoms with Gasteiger partial charge in [0, 0.05) is 37.2 Å². The summed E-state index contributed by atoms with van der Waals surface area (Å²) in [6.45, 7) is 3.50. The molecule has 1 saturated heterocycles. The van der Waals surface area contributed by atoms with Gasteiger partial charge in [-0.25, -0.2) is 0 Å². The molecule has 3 aromatic rings. The van der Waals surface area contributed by atoms with Gasteiger partial charge < -0.3 is 14.9 Å². The molecule has 2 saturated carbocycles. The van der Waals surface area contributed by atoms with E-state index in [4.69, 9.17) is 0 Å². The average molecular weight is 469 g/mol. The summed E-state index contributed by atoms with van der Waals surface area (Å²) < 4.78 is 0. The molecule has 35 heavy (non-hydrogen) atoms. The summed E-state index contributed by atoms with van der Waals surface area (Å²) in [5.41, 5.74) is 2.03. The van der Waals surface area contributed by atoms with Gasteiger partial charge in [-0.15, -0.1) is 0 Å². The first-order chi connectivity index (χ1) is 17.0. The van der Waals surface area contributed by atoms with E-state index in [0.29, 0.717) is 11.7 Å². The second kappa shape index (κ2) is 8.98. The Balaban J connectivity index is 1.26. The lowest BCUT2D eigenvalue weighted by Crippen LogP contribution is -2.56. The van der Waals surface area contributed by atoms with Gasteiger partial charge in [0.2, 0.25) is 0 Å². The third-order valence-electron chi connectivity index (χ3n) is 9.08. The lowest BCUT2D eigenvalue weighted by atomic mass is 9.57. The van der Waals surface area contributed by atoms with Crippen molar-refractivity contribution in [2.24, 2.45) is 11.8 Å². The first-order valence-corrected chi connectivity index (χ1v) is 13.3. The number of nitrogens with zero attached hydrogens (tertiary/aromatic N) is 2. The number of phenols is 1. The molecule has 3 aliphatic rings. The van der Waals surface area contributed by atoms with Crippen molar-refractivity contribution in [3.05, 3.63) is 77.9 Å². The molecule has 4 heteroatoms. The van der Waals surface area contributed by atoms with Crippen LogP contribution in [0.15, 0.2) is 66.7 Å². The van der Waals surface area contributed by atoms with Crippen LogP contribution < -0.4 is 0 Å². The monoisotopic (exact) mass is 468 g/mol. The molecule has 3 aromatic carbocycles. The Hall–Kier alpha value is -2.85. The molecule has 182 valence electrons. The van der Waals surface area contributed by atoms with Gasteiger partial charge in [-0.1, -0.05) is 42.5 Å². The zero-order chi connectivity index (χ0) is 24.0. The van der Waals surface area contributed by atoms with Crippen LogP contribution in [0.2, 0.25) is 0 Å². The predicted octanol–water partition coefficient (Wildman–Crippen LogP) is 5.84. The highest BCUT2D eigenvalue weighted by molar-refractivity contribution is 5.98. The van der Waals surface area contributed by atoms with Gasteiger partial charge in [0.15, 0.2) is 0 Å². The Morgan fingerprint density at radius 1 is 1.00 bits per heavy atom. The molecule has 3 fully saturated rings. The Morgan fingerprint density at radius 3 is 2.63 bits per heavy atom. The Labute approximate surface area is 208 Å². The smallest absolute Gasteiger partial charge is 0.253 e. The molecule has 0 aromatic heterocycles. The minimum absolute atomic E-state index is 0.0135. The predicted molar refractivity (Wildman–Crippen MR) is 141 cm³/mol. The Kier molecular flexibility index (Phi) is 5.80. The van der Waals surface area contributed by atoms with Crippen molar-refractivity contribution in [3.63, 3.8) is 0 Å². The molecular formula is C31H36N2O2. The van der Waals surface area contributed by atoms with E-state index in [9.17, 15) is 9.90 Å². The minimum Gasteiger partial charge on any atom is -0.508 e. The third kappa shape index (κ3) is 4.33. The SMILES string of the molecule is CN(C(=O)c1ccc2ccccc2c1)[C@H]1CC[C@@H]2CN(CC3CC3)CC[C@@]2(c2cccc(O)c2)C1. The van der Waals surface area contributed by atoms with E-state index in [0.717, 1.165) is 61.0 Å². The highest BCUT2D eigenvalue weighted by Crippen LogP contribution is 2.51. The molecule has 1 heterocycles. The number of likely N-dealkylation sites (tertiary alicyclic amines) is 1. The maximum Gasteiger partial charge on any atom is 0.253 e. The molecule has 0 unspecified atom stereocenters. The van der Waals surface area contributed by atoms with Crippen molar-refractivity contribution in [2.75, 3.05) is 26.7 Å². The number of piperidine rings is 1. The molecule has 1 aliphatic heterocycles. The summed E-state index contributed by atoms with van der Waals surface area (Å²) in [6, 6.07) is 22.4. The summed E-state index contributed by atoms with van der Waals surface area (Å²) in [5.74, 6) is 1.93. The van der Waals surface area contributed by atoms with Gasteiger partial charge >= 0.3 is 0 Å². The number of rotatable bonds is 5. The number of fused-ring (bicyclic) bond motifs is 2. The second-order valence-electron chi connectivity index (χ2n) is 11.3. The third-order valence-corrected chi connectivity index (χ3v) is 9.08. The number of hydrogen-bond donors (Lipinski definition) is 1. The Morgan fingerprint density at radius 2 is 1.83 bits per heavy atom. The maximum absolute atomic E-state index is 13.6. The van der Waals surface area contributed by atoms with Gasteiger partial charge in [-0.3, -0.25) is 4.79 Å². The van der Waals surface area contributed by atoms with Crippen LogP contribution in [0.5, 0.6) is 5.75 Å². The molecule has 6 rings (SSSR count). The largest absolute Gasteiger partial charge is 0.508 e. The van der Waals surface area contributed by atoms with Crippen LogP contribution >= 0.6 is 0 Å². The molecular weight excluding hydrogens is 432 g/mol. The molecule has 3 atom stereocenters. The zero-order valence-corrected chi connectivity index (χ0v) is 20.7. The summed E-state index contributed by atoms with van der Waals surface area (Å²) in [4.78, 5) is 18.3. The van der Waals surface area contributed by atoms with Crippen molar-refractivity contribution in [2.45, 2.75) is 50.0 Å². The van der Waals surface area contributed by atoms with Crippen LogP contribution in [0, 0.1) is 11.8 Å². The van der Waals surface area contributed by atoms with Crippen LogP contribution in [-0.2, 0) is 5.41 Å². The van der Waals surface area contributed by atoms with Gasteiger partial charge in [-0.2, -0.15) is 0 Å². The molecule has 0 radical (unpaired) electrons. The van der Waals surface area contributed by atoms with E-state index >= 15 is 0 Å². The van der Waals surface area contributed by atoms with E-state index in [-0.39, 0.29) is 17.4 Å². The van der Waals surface area contributed by atoms with Gasteiger partial charge in [0.05, 0.1) is 0 Å². The fraction of sp³-hybridized carbons (Fsp3) is 0.452. The quantitative estimate of drug-likeness (QED) is 0.512. The first-order valence-electron chi connectivity index (χ1n) is 13.3. The molecule has 2 aliphatic carbocycles.